The highest BCUT2D eigenvalue weighted by molar-refractivity contribution is 4.38. The van der Waals surface area contributed by atoms with E-state index < -0.39 is 0 Å². The van der Waals surface area contributed by atoms with Crippen molar-refractivity contribution in [1.29, 1.82) is 0 Å². The normalized spacial score (nSPS) is 7.54. The number of rotatable bonds is 19. The highest BCUT2D eigenvalue weighted by Gasteiger charge is 1.91. The van der Waals surface area contributed by atoms with E-state index in [9.17, 15) is 0 Å². The van der Waals surface area contributed by atoms with Crippen molar-refractivity contribution in [2.45, 2.75) is 160 Å². The third kappa shape index (κ3) is 96.7. The van der Waals surface area contributed by atoms with Gasteiger partial charge in [0.05, 0.1) is 13.2 Å². The Labute approximate surface area is 231 Å². The smallest absolute Gasteiger partial charge is 0.0700 e. The summed E-state index contributed by atoms with van der Waals surface area (Å²) >= 11 is 0. The molecule has 0 spiro atoms. The van der Waals surface area contributed by atoms with Crippen LogP contribution in [0.5, 0.6) is 0 Å². The Bertz CT molecular complexity index is 182. The summed E-state index contributed by atoms with van der Waals surface area (Å²) in [4.78, 5) is 0. The molecule has 0 fully saturated rings. The van der Waals surface area contributed by atoms with Gasteiger partial charge in [0.15, 0.2) is 0 Å². The van der Waals surface area contributed by atoms with E-state index in [4.69, 9.17) is 18.9 Å². The molecular weight excluding hydrogens is 436 g/mol. The van der Waals surface area contributed by atoms with Gasteiger partial charge in [0.1, 0.15) is 0 Å². The van der Waals surface area contributed by atoms with E-state index in [2.05, 4.69) is 27.7 Å². The quantitative estimate of drug-likeness (QED) is 0.158. The molecule has 0 amide bonds. The lowest BCUT2D eigenvalue weighted by molar-refractivity contribution is 0.0347. The van der Waals surface area contributed by atoms with Gasteiger partial charge in [-0.3, -0.25) is 0 Å². The molecule has 0 aromatic carbocycles. The van der Waals surface area contributed by atoms with Crippen molar-refractivity contribution in [3.05, 3.63) is 0 Å². The zero-order valence-corrected chi connectivity index (χ0v) is 17.7. The van der Waals surface area contributed by atoms with E-state index in [0.717, 1.165) is 65.5 Å². The Hall–Kier alpha value is -0.160. The van der Waals surface area contributed by atoms with Crippen molar-refractivity contribution in [3.8, 4) is 0 Å². The first-order valence-electron chi connectivity index (χ1n) is 10.6. The molecule has 35 heavy (non-hydrogen) atoms. The average Bonchev–Trinajstić information content (AvgIpc) is 2.63. The van der Waals surface area contributed by atoms with Gasteiger partial charge in [-0.1, -0.05) is 128 Å². The molecule has 0 N–H and O–H groups in total. The number of ether oxygens (including phenoxy) is 4. The highest BCUT2D eigenvalue weighted by atomic mass is 16.5. The van der Waals surface area contributed by atoms with E-state index in [0.29, 0.717) is 6.61 Å². The lowest BCUT2D eigenvalue weighted by Gasteiger charge is -2.06. The van der Waals surface area contributed by atoms with Gasteiger partial charge < -0.3 is 18.9 Å². The first-order chi connectivity index (χ1) is 12.3. The number of hydrogen-bond acceptors (Lipinski definition) is 4. The summed E-state index contributed by atoms with van der Waals surface area (Å²) in [5, 5.41) is 0. The van der Waals surface area contributed by atoms with E-state index in [1.807, 2.05) is 0 Å². The minimum atomic E-state index is 0. The number of unbranched alkanes of at least 4 members (excludes halogenated alkanes) is 4. The lowest BCUT2D eigenvalue weighted by atomic mass is 10.3. The van der Waals surface area contributed by atoms with Crippen LogP contribution in [-0.4, -0.2) is 52.9 Å². The Balaban J connectivity index is -0.0000000252. The van der Waals surface area contributed by atoms with Crippen LogP contribution in [0.4, 0.5) is 0 Å². The molecular formula is C31H86O4. The molecule has 0 unspecified atom stereocenters. The molecule has 0 saturated carbocycles. The first kappa shape index (κ1) is 76.5. The van der Waals surface area contributed by atoms with Gasteiger partial charge in [0, 0.05) is 39.6 Å². The van der Waals surface area contributed by atoms with Crippen LogP contribution in [0, 0.1) is 0 Å². The summed E-state index contributed by atoms with van der Waals surface area (Å²) in [5.74, 6) is 0. The molecule has 0 rings (SSSR count). The van der Waals surface area contributed by atoms with Crippen LogP contribution in [0.25, 0.3) is 0 Å². The topological polar surface area (TPSA) is 36.9 Å². The van der Waals surface area contributed by atoms with E-state index in [1.54, 1.807) is 0 Å². The minimum Gasteiger partial charge on any atom is -0.381 e. The fourth-order valence-electron chi connectivity index (χ4n) is 1.77. The molecule has 0 atom stereocenters. The summed E-state index contributed by atoms with van der Waals surface area (Å²) in [7, 11) is 0. The fraction of sp³-hybridized carbons (Fsp3) is 1.00. The molecule has 4 heteroatoms. The van der Waals surface area contributed by atoms with Gasteiger partial charge in [-0.05, 0) is 32.1 Å². The second-order valence-electron chi connectivity index (χ2n) is 6.22. The van der Waals surface area contributed by atoms with Crippen molar-refractivity contribution >= 4 is 0 Å². The molecule has 0 aromatic heterocycles. The van der Waals surface area contributed by atoms with Gasteiger partial charge >= 0.3 is 0 Å². The maximum atomic E-state index is 5.42. The summed E-state index contributed by atoms with van der Waals surface area (Å²) in [6.07, 6.45) is 10.6. The second-order valence-corrected chi connectivity index (χ2v) is 6.22. The van der Waals surface area contributed by atoms with Gasteiger partial charge in [0.25, 0.3) is 0 Å². The summed E-state index contributed by atoms with van der Waals surface area (Å²) in [6.45, 7) is 15.4. The molecule has 0 aliphatic rings. The standard InChI is InChI=1S/C13H28O3.C8H18O.10CH4/c1-3-5-8-14-10-7-11-16-13-12-15-9-6-4-2;1-3-5-7-9-8-6-4-2;;;;;;;;;;/h3-13H2,1-2H3;3-8H2,1-2H3;10*1H4. The van der Waals surface area contributed by atoms with Gasteiger partial charge in [-0.2, -0.15) is 0 Å². The van der Waals surface area contributed by atoms with Crippen LogP contribution in [0.2, 0.25) is 0 Å². The van der Waals surface area contributed by atoms with Crippen molar-refractivity contribution in [3.63, 3.8) is 0 Å². The van der Waals surface area contributed by atoms with Crippen molar-refractivity contribution in [1.82, 2.24) is 0 Å². The predicted octanol–water partition coefficient (Wildman–Crippen LogP) is 12.0. The largest absolute Gasteiger partial charge is 0.381 e. The summed E-state index contributed by atoms with van der Waals surface area (Å²) in [5.41, 5.74) is 0. The summed E-state index contributed by atoms with van der Waals surface area (Å²) < 4.78 is 21.5. The predicted molar refractivity (Wildman–Crippen MR) is 175 cm³/mol. The molecule has 0 saturated heterocycles. The Kier molecular flexibility index (Phi) is 184. The Morgan fingerprint density at radius 3 is 0.629 bits per heavy atom. The minimum absolute atomic E-state index is 0. The van der Waals surface area contributed by atoms with Gasteiger partial charge in [-0.15, -0.1) is 0 Å². The first-order valence-corrected chi connectivity index (χ1v) is 10.6. The van der Waals surface area contributed by atoms with Crippen molar-refractivity contribution in [2.75, 3.05) is 52.9 Å². The molecule has 0 heterocycles. The third-order valence-corrected chi connectivity index (χ3v) is 3.52. The van der Waals surface area contributed by atoms with Crippen LogP contribution in [0.15, 0.2) is 0 Å². The van der Waals surface area contributed by atoms with Crippen molar-refractivity contribution in [2.24, 2.45) is 0 Å². The third-order valence-electron chi connectivity index (χ3n) is 3.52. The maximum absolute atomic E-state index is 5.42. The van der Waals surface area contributed by atoms with Crippen LogP contribution < -0.4 is 0 Å². The SMILES string of the molecule is C.C.C.C.C.C.C.C.C.C.CCCCOCCCC.CCCCOCCCOCCOCCCC. The van der Waals surface area contributed by atoms with Crippen LogP contribution in [0.3, 0.4) is 0 Å². The summed E-state index contributed by atoms with van der Waals surface area (Å²) in [6, 6.07) is 0. The molecule has 0 aromatic rings. The maximum Gasteiger partial charge on any atom is 0.0700 e. The Morgan fingerprint density at radius 2 is 0.429 bits per heavy atom. The lowest BCUT2D eigenvalue weighted by Crippen LogP contribution is -2.07. The average molecular weight is 523 g/mol. The van der Waals surface area contributed by atoms with Crippen LogP contribution in [-0.2, 0) is 18.9 Å². The van der Waals surface area contributed by atoms with E-state index in [-0.39, 0.29) is 74.3 Å². The second kappa shape index (κ2) is 84.0. The van der Waals surface area contributed by atoms with E-state index >= 15 is 0 Å². The molecule has 0 bridgehead atoms. The fourth-order valence-corrected chi connectivity index (χ4v) is 1.77. The molecule has 0 radical (unpaired) electrons. The van der Waals surface area contributed by atoms with Crippen molar-refractivity contribution < 1.29 is 18.9 Å². The highest BCUT2D eigenvalue weighted by Crippen LogP contribution is 1.92. The van der Waals surface area contributed by atoms with Crippen LogP contribution in [0.1, 0.15) is 160 Å². The van der Waals surface area contributed by atoms with Crippen LogP contribution >= 0.6 is 0 Å². The van der Waals surface area contributed by atoms with Gasteiger partial charge in [0.2, 0.25) is 0 Å². The Morgan fingerprint density at radius 1 is 0.257 bits per heavy atom. The number of hydrogen-bond donors (Lipinski definition) is 0. The zero-order valence-electron chi connectivity index (χ0n) is 17.7. The zero-order chi connectivity index (χ0) is 18.8. The monoisotopic (exact) mass is 523 g/mol. The van der Waals surface area contributed by atoms with E-state index in [1.165, 1.54) is 38.5 Å². The molecule has 0 aliphatic heterocycles. The molecule has 234 valence electrons. The molecule has 0 aliphatic carbocycles. The molecule has 4 nitrogen and oxygen atoms in total. The van der Waals surface area contributed by atoms with Gasteiger partial charge in [-0.25, -0.2) is 0 Å².